The Kier molecular flexibility index (Phi) is 6.27. The zero-order valence-electron chi connectivity index (χ0n) is 18.4. The van der Waals surface area contributed by atoms with Crippen molar-refractivity contribution in [1.29, 1.82) is 0 Å². The molecule has 0 unspecified atom stereocenters. The molecule has 0 aromatic heterocycles. The lowest BCUT2D eigenvalue weighted by atomic mass is 9.98. The van der Waals surface area contributed by atoms with Crippen molar-refractivity contribution >= 4 is 17.8 Å². The molecule has 0 saturated heterocycles. The summed E-state index contributed by atoms with van der Waals surface area (Å²) in [5.41, 5.74) is 11.5. The van der Waals surface area contributed by atoms with Gasteiger partial charge >= 0.3 is 5.97 Å². The number of carboxylic acid groups (broad SMARTS) is 1. The van der Waals surface area contributed by atoms with Gasteiger partial charge in [-0.15, -0.1) is 0 Å². The van der Waals surface area contributed by atoms with Crippen molar-refractivity contribution in [3.8, 4) is 11.1 Å². The average Bonchev–Trinajstić information content (AvgIpc) is 3.19. The highest BCUT2D eigenvalue weighted by Gasteiger charge is 2.34. The second kappa shape index (κ2) is 9.28. The van der Waals surface area contributed by atoms with E-state index < -0.39 is 24.0 Å². The fourth-order valence-corrected chi connectivity index (χ4v) is 4.59. The maximum atomic E-state index is 13.8. The molecule has 1 aliphatic rings. The summed E-state index contributed by atoms with van der Waals surface area (Å²) in [4.78, 5) is 38.8. The SMILES string of the molecule is C[C@@H](c1ccccc1)N(C(=O)c1ccc2c(c1)Cc1ccccc1-2)[C@@H](CCC(=O)O)C(N)=O. The molecule has 1 aliphatic carbocycles. The van der Waals surface area contributed by atoms with Crippen LogP contribution in [0.5, 0.6) is 0 Å². The third-order valence-corrected chi connectivity index (χ3v) is 6.27. The van der Waals surface area contributed by atoms with Crippen LogP contribution in [0.1, 0.15) is 52.9 Å². The minimum Gasteiger partial charge on any atom is -0.481 e. The minimum atomic E-state index is -1.05. The molecule has 2 atom stereocenters. The van der Waals surface area contributed by atoms with E-state index in [0.29, 0.717) is 5.56 Å². The Bertz CT molecular complexity index is 1210. The fourth-order valence-electron chi connectivity index (χ4n) is 4.59. The molecule has 0 fully saturated rings. The van der Waals surface area contributed by atoms with Crippen LogP contribution >= 0.6 is 0 Å². The molecule has 3 aromatic rings. The molecule has 3 N–H and O–H groups in total. The number of primary amides is 1. The van der Waals surface area contributed by atoms with E-state index in [1.807, 2.05) is 61.5 Å². The molecular weight excluding hydrogens is 416 g/mol. The van der Waals surface area contributed by atoms with Crippen molar-refractivity contribution in [1.82, 2.24) is 4.90 Å². The first-order chi connectivity index (χ1) is 15.9. The maximum Gasteiger partial charge on any atom is 0.303 e. The highest BCUT2D eigenvalue weighted by molar-refractivity contribution is 5.99. The predicted molar refractivity (Wildman–Crippen MR) is 126 cm³/mol. The number of fused-ring (bicyclic) bond motifs is 3. The first kappa shape index (κ1) is 22.3. The van der Waals surface area contributed by atoms with Crippen LogP contribution in [0, 0.1) is 0 Å². The Hall–Kier alpha value is -3.93. The van der Waals surface area contributed by atoms with E-state index in [2.05, 4.69) is 12.1 Å². The van der Waals surface area contributed by atoms with Gasteiger partial charge in [0.25, 0.3) is 5.91 Å². The van der Waals surface area contributed by atoms with Crippen LogP contribution in [0.4, 0.5) is 0 Å². The van der Waals surface area contributed by atoms with E-state index in [-0.39, 0.29) is 18.7 Å². The number of amides is 2. The summed E-state index contributed by atoms with van der Waals surface area (Å²) in [6.07, 6.45) is 0.418. The molecule has 0 bridgehead atoms. The summed E-state index contributed by atoms with van der Waals surface area (Å²) in [6, 6.07) is 21.5. The largest absolute Gasteiger partial charge is 0.481 e. The standard InChI is InChI=1S/C27H26N2O4/c1-17(18-7-3-2-4-8-18)29(24(26(28)32)13-14-25(30)31)27(33)20-11-12-23-21(16-20)15-19-9-5-6-10-22(19)23/h2-12,16-17,24H,13-15H2,1H3,(H2,28,32)(H,30,31)/t17-,24-/m0/s1. The summed E-state index contributed by atoms with van der Waals surface area (Å²) in [6.45, 7) is 1.83. The Morgan fingerprint density at radius 2 is 1.61 bits per heavy atom. The van der Waals surface area contributed by atoms with Gasteiger partial charge in [-0.25, -0.2) is 0 Å². The van der Waals surface area contributed by atoms with E-state index in [0.717, 1.165) is 28.7 Å². The lowest BCUT2D eigenvalue weighted by molar-refractivity contribution is -0.137. The van der Waals surface area contributed by atoms with Crippen molar-refractivity contribution in [2.45, 2.75) is 38.3 Å². The Labute approximate surface area is 192 Å². The second-order valence-electron chi connectivity index (χ2n) is 8.36. The second-order valence-corrected chi connectivity index (χ2v) is 8.36. The van der Waals surface area contributed by atoms with E-state index >= 15 is 0 Å². The minimum absolute atomic E-state index is 0.0516. The normalized spacial score (nSPS) is 13.5. The smallest absolute Gasteiger partial charge is 0.303 e. The van der Waals surface area contributed by atoms with E-state index in [9.17, 15) is 19.5 Å². The van der Waals surface area contributed by atoms with Crippen molar-refractivity contribution in [3.05, 3.63) is 95.1 Å². The van der Waals surface area contributed by atoms with Crippen LogP contribution in [0.3, 0.4) is 0 Å². The lowest BCUT2D eigenvalue weighted by Gasteiger charge is -2.35. The van der Waals surface area contributed by atoms with Gasteiger partial charge < -0.3 is 15.7 Å². The molecule has 0 spiro atoms. The van der Waals surface area contributed by atoms with E-state index in [4.69, 9.17) is 5.73 Å². The molecule has 2 amide bonds. The molecule has 6 nitrogen and oxygen atoms in total. The highest BCUT2D eigenvalue weighted by atomic mass is 16.4. The lowest BCUT2D eigenvalue weighted by Crippen LogP contribution is -2.49. The van der Waals surface area contributed by atoms with Gasteiger partial charge in [-0.05, 0) is 59.7 Å². The van der Waals surface area contributed by atoms with Crippen LogP contribution in [0.15, 0.2) is 72.8 Å². The first-order valence-electron chi connectivity index (χ1n) is 11.0. The van der Waals surface area contributed by atoms with Gasteiger partial charge in [-0.2, -0.15) is 0 Å². The van der Waals surface area contributed by atoms with E-state index in [1.54, 1.807) is 6.07 Å². The monoisotopic (exact) mass is 442 g/mol. The van der Waals surface area contributed by atoms with Gasteiger partial charge in [0.15, 0.2) is 0 Å². The van der Waals surface area contributed by atoms with Gasteiger partial charge in [0, 0.05) is 12.0 Å². The number of nitrogens with zero attached hydrogens (tertiary/aromatic N) is 1. The highest BCUT2D eigenvalue weighted by Crippen LogP contribution is 2.37. The van der Waals surface area contributed by atoms with Crippen molar-refractivity contribution in [3.63, 3.8) is 0 Å². The van der Waals surface area contributed by atoms with Crippen molar-refractivity contribution in [2.75, 3.05) is 0 Å². The number of carboxylic acids is 1. The third-order valence-electron chi connectivity index (χ3n) is 6.27. The Balaban J connectivity index is 1.72. The van der Waals surface area contributed by atoms with Gasteiger partial charge in [-0.1, -0.05) is 60.7 Å². The molecule has 0 heterocycles. The van der Waals surface area contributed by atoms with Gasteiger partial charge in [-0.3, -0.25) is 14.4 Å². The molecule has 0 saturated carbocycles. The van der Waals surface area contributed by atoms with Crippen LogP contribution in [-0.4, -0.2) is 33.8 Å². The molecule has 0 radical (unpaired) electrons. The van der Waals surface area contributed by atoms with Gasteiger partial charge in [0.05, 0.1) is 6.04 Å². The fraction of sp³-hybridized carbons (Fsp3) is 0.222. The number of rotatable bonds is 8. The third kappa shape index (κ3) is 4.51. The van der Waals surface area contributed by atoms with Gasteiger partial charge in [0.2, 0.25) is 5.91 Å². The first-order valence-corrected chi connectivity index (χ1v) is 11.0. The molecular formula is C27H26N2O4. The summed E-state index contributed by atoms with van der Waals surface area (Å²) < 4.78 is 0. The number of benzene rings is 3. The number of carbonyl (C=O) groups excluding carboxylic acids is 2. The molecule has 0 aliphatic heterocycles. The number of carbonyl (C=O) groups is 3. The number of aliphatic carboxylic acids is 1. The van der Waals surface area contributed by atoms with E-state index in [1.165, 1.54) is 10.5 Å². The topological polar surface area (TPSA) is 101 Å². The summed E-state index contributed by atoms with van der Waals surface area (Å²) >= 11 is 0. The molecule has 4 rings (SSSR count). The van der Waals surface area contributed by atoms with Crippen molar-refractivity contribution in [2.24, 2.45) is 5.73 Å². The quantitative estimate of drug-likeness (QED) is 0.427. The summed E-state index contributed by atoms with van der Waals surface area (Å²) in [5.74, 6) is -2.11. The number of hydrogen-bond acceptors (Lipinski definition) is 3. The van der Waals surface area contributed by atoms with Crippen molar-refractivity contribution < 1.29 is 19.5 Å². The summed E-state index contributed by atoms with van der Waals surface area (Å²) in [7, 11) is 0. The van der Waals surface area contributed by atoms with Gasteiger partial charge in [0.1, 0.15) is 6.04 Å². The molecule has 168 valence electrons. The maximum absolute atomic E-state index is 13.8. The Morgan fingerprint density at radius 3 is 2.30 bits per heavy atom. The zero-order chi connectivity index (χ0) is 23.5. The molecule has 6 heteroatoms. The van der Waals surface area contributed by atoms with Crippen LogP contribution in [0.2, 0.25) is 0 Å². The Morgan fingerprint density at radius 1 is 0.939 bits per heavy atom. The summed E-state index contributed by atoms with van der Waals surface area (Å²) in [5, 5.41) is 9.17. The number of nitrogens with two attached hydrogens (primary N) is 1. The van der Waals surface area contributed by atoms with Crippen LogP contribution in [0.25, 0.3) is 11.1 Å². The average molecular weight is 443 g/mol. The van der Waals surface area contributed by atoms with Crippen LogP contribution < -0.4 is 5.73 Å². The zero-order valence-corrected chi connectivity index (χ0v) is 18.4. The molecule has 33 heavy (non-hydrogen) atoms. The predicted octanol–water partition coefficient (Wildman–Crippen LogP) is 4.18. The number of hydrogen-bond donors (Lipinski definition) is 2. The molecule has 3 aromatic carbocycles. The van der Waals surface area contributed by atoms with Crippen LogP contribution in [-0.2, 0) is 16.0 Å².